The second-order valence-electron chi connectivity index (χ2n) is 5.98. The summed E-state index contributed by atoms with van der Waals surface area (Å²) in [7, 11) is 0. The Kier molecular flexibility index (Phi) is 9.81. The molecule has 1 aromatic heterocycles. The first-order valence-electron chi connectivity index (χ1n) is 8.47. The van der Waals surface area contributed by atoms with Crippen molar-refractivity contribution in [2.45, 2.75) is 37.4 Å². The van der Waals surface area contributed by atoms with E-state index in [-0.39, 0.29) is 31.1 Å². The van der Waals surface area contributed by atoms with Gasteiger partial charge in [-0.1, -0.05) is 0 Å². The van der Waals surface area contributed by atoms with Crippen LogP contribution in [0.1, 0.15) is 18.5 Å². The summed E-state index contributed by atoms with van der Waals surface area (Å²) < 4.78 is 0. The maximum absolute atomic E-state index is 12.6. The molecule has 3 unspecified atom stereocenters. The van der Waals surface area contributed by atoms with Crippen molar-refractivity contribution < 1.29 is 19.5 Å². The lowest BCUT2D eigenvalue weighted by molar-refractivity contribution is -0.142. The summed E-state index contributed by atoms with van der Waals surface area (Å²) >= 11 is 3.95. The van der Waals surface area contributed by atoms with E-state index < -0.39 is 35.9 Å². The fraction of sp³-hybridized carbons (Fsp3) is 0.533. The van der Waals surface area contributed by atoms with Crippen LogP contribution in [0.15, 0.2) is 17.5 Å². The summed E-state index contributed by atoms with van der Waals surface area (Å²) in [5.74, 6) is -2.45. The third kappa shape index (κ3) is 8.26. The van der Waals surface area contributed by atoms with Crippen molar-refractivity contribution >= 4 is 36.4 Å². The van der Waals surface area contributed by atoms with Crippen molar-refractivity contribution in [2.75, 3.05) is 12.3 Å². The van der Waals surface area contributed by atoms with Crippen molar-refractivity contribution in [1.82, 2.24) is 20.6 Å². The zero-order valence-electron chi connectivity index (χ0n) is 15.2. The van der Waals surface area contributed by atoms with E-state index >= 15 is 0 Å². The third-order valence-electron chi connectivity index (χ3n) is 3.71. The zero-order valence-corrected chi connectivity index (χ0v) is 16.1. The molecule has 13 heteroatoms. The maximum atomic E-state index is 12.6. The summed E-state index contributed by atoms with van der Waals surface area (Å²) in [5.41, 5.74) is 16.7. The Morgan fingerprint density at radius 3 is 2.46 bits per heavy atom. The van der Waals surface area contributed by atoms with Crippen LogP contribution in [0.25, 0.3) is 0 Å². The number of carboxylic acid groups (broad SMARTS) is 1. The number of amides is 2. The molecule has 0 fully saturated rings. The average molecular weight is 414 g/mol. The second kappa shape index (κ2) is 11.8. The van der Waals surface area contributed by atoms with Gasteiger partial charge in [-0.15, -0.1) is 0 Å². The summed E-state index contributed by atoms with van der Waals surface area (Å²) in [4.78, 5) is 46.5. The number of aromatic amines is 1. The van der Waals surface area contributed by atoms with E-state index in [9.17, 15) is 19.5 Å². The van der Waals surface area contributed by atoms with Crippen molar-refractivity contribution in [3.05, 3.63) is 18.2 Å². The lowest BCUT2D eigenvalue weighted by Crippen LogP contribution is -2.55. The van der Waals surface area contributed by atoms with Crippen LogP contribution >= 0.6 is 12.6 Å². The Hall–Kier alpha value is -2.80. The molecule has 0 aromatic carbocycles. The number of thiol groups is 1. The predicted molar refractivity (Wildman–Crippen MR) is 106 cm³/mol. The highest BCUT2D eigenvalue weighted by molar-refractivity contribution is 7.80. The number of nitrogens with zero attached hydrogens (tertiary/aromatic N) is 2. The van der Waals surface area contributed by atoms with Gasteiger partial charge in [-0.25, -0.2) is 9.78 Å². The Morgan fingerprint density at radius 1 is 1.25 bits per heavy atom. The minimum absolute atomic E-state index is 0.00585. The number of carboxylic acids is 1. The molecule has 1 rings (SSSR count). The van der Waals surface area contributed by atoms with Crippen molar-refractivity contribution in [2.24, 2.45) is 22.2 Å². The van der Waals surface area contributed by atoms with Gasteiger partial charge in [-0.05, 0) is 12.8 Å². The highest BCUT2D eigenvalue weighted by Crippen LogP contribution is 2.04. The molecule has 2 amide bonds. The number of carbonyl (C=O) groups excluding carboxylic acids is 2. The fourth-order valence-electron chi connectivity index (χ4n) is 2.22. The van der Waals surface area contributed by atoms with Crippen LogP contribution in [-0.2, 0) is 20.8 Å². The van der Waals surface area contributed by atoms with Gasteiger partial charge in [-0.3, -0.25) is 14.6 Å². The van der Waals surface area contributed by atoms with Gasteiger partial charge >= 0.3 is 5.97 Å². The number of H-pyrrole nitrogens is 1. The number of imidazole rings is 1. The highest BCUT2D eigenvalue weighted by atomic mass is 32.1. The van der Waals surface area contributed by atoms with E-state index in [1.807, 2.05) is 0 Å². The van der Waals surface area contributed by atoms with E-state index in [2.05, 4.69) is 38.2 Å². The van der Waals surface area contributed by atoms with Crippen LogP contribution in [0.4, 0.5) is 0 Å². The third-order valence-corrected chi connectivity index (χ3v) is 4.10. The number of aliphatic carboxylic acids is 1. The molecule has 3 atom stereocenters. The molecule has 0 radical (unpaired) electrons. The molecule has 0 saturated heterocycles. The number of guanidine groups is 1. The summed E-state index contributed by atoms with van der Waals surface area (Å²) in [6.07, 6.45) is 3.44. The first-order chi connectivity index (χ1) is 13.2. The molecule has 156 valence electrons. The Bertz CT molecular complexity index is 678. The van der Waals surface area contributed by atoms with E-state index in [1.54, 1.807) is 0 Å². The molecule has 1 aromatic rings. The van der Waals surface area contributed by atoms with Crippen LogP contribution in [0.5, 0.6) is 0 Å². The summed E-state index contributed by atoms with van der Waals surface area (Å²) in [5, 5.41) is 14.3. The van der Waals surface area contributed by atoms with Crippen molar-refractivity contribution in [3.63, 3.8) is 0 Å². The van der Waals surface area contributed by atoms with Crippen molar-refractivity contribution in [1.29, 1.82) is 0 Å². The Morgan fingerprint density at radius 2 is 1.93 bits per heavy atom. The number of hydrogen-bond acceptors (Lipinski definition) is 7. The molecule has 0 aliphatic rings. The van der Waals surface area contributed by atoms with Gasteiger partial charge in [0, 0.05) is 30.6 Å². The minimum Gasteiger partial charge on any atom is -0.480 e. The minimum atomic E-state index is -1.22. The molecule has 12 nitrogen and oxygen atoms in total. The quantitative estimate of drug-likeness (QED) is 0.0778. The number of rotatable bonds is 12. The standard InChI is InChI=1S/C15H26N8O4S/c16-9(6-28)12(24)22-10(2-1-3-20-15(17)18)13(25)23-11(14(26)27)4-8-5-19-7-21-8/h5,7,9-11,28H,1-4,6,16H2,(H,19,21)(H,22,24)(H,23,25)(H,26,27)(H4,17,18,20). The van der Waals surface area contributed by atoms with Crippen LogP contribution in [0.2, 0.25) is 0 Å². The van der Waals surface area contributed by atoms with Gasteiger partial charge in [0.2, 0.25) is 11.8 Å². The Balaban J connectivity index is 2.80. The molecule has 0 aliphatic heterocycles. The number of nitrogens with two attached hydrogens (primary N) is 3. The number of nitrogens with one attached hydrogen (secondary N) is 3. The molecule has 0 aliphatic carbocycles. The van der Waals surface area contributed by atoms with Gasteiger partial charge in [0.15, 0.2) is 5.96 Å². The van der Waals surface area contributed by atoms with E-state index in [1.165, 1.54) is 12.5 Å². The number of aromatic nitrogens is 2. The fourth-order valence-corrected chi connectivity index (χ4v) is 2.39. The second-order valence-corrected chi connectivity index (χ2v) is 6.34. The lowest BCUT2D eigenvalue weighted by atomic mass is 10.1. The summed E-state index contributed by atoms with van der Waals surface area (Å²) in [6.45, 7) is 0.247. The molecule has 0 spiro atoms. The van der Waals surface area contributed by atoms with Crippen LogP contribution in [0.3, 0.4) is 0 Å². The molecule has 0 bridgehead atoms. The molecule has 28 heavy (non-hydrogen) atoms. The van der Waals surface area contributed by atoms with Crippen LogP contribution in [0, 0.1) is 0 Å². The highest BCUT2D eigenvalue weighted by Gasteiger charge is 2.27. The van der Waals surface area contributed by atoms with Gasteiger partial charge in [-0.2, -0.15) is 12.6 Å². The number of carbonyl (C=O) groups is 3. The number of hydrogen-bond donors (Lipinski definition) is 8. The normalized spacial score (nSPS) is 13.8. The monoisotopic (exact) mass is 414 g/mol. The number of aliphatic imine (C=N–C) groups is 1. The topological polar surface area (TPSA) is 215 Å². The van der Waals surface area contributed by atoms with E-state index in [0.717, 1.165) is 0 Å². The van der Waals surface area contributed by atoms with Gasteiger partial charge < -0.3 is 37.9 Å². The lowest BCUT2D eigenvalue weighted by Gasteiger charge is -2.22. The first-order valence-corrected chi connectivity index (χ1v) is 9.10. The maximum Gasteiger partial charge on any atom is 0.326 e. The van der Waals surface area contributed by atoms with Gasteiger partial charge in [0.1, 0.15) is 12.1 Å². The van der Waals surface area contributed by atoms with Crippen LogP contribution < -0.4 is 27.8 Å². The summed E-state index contributed by atoms with van der Waals surface area (Å²) in [6, 6.07) is -3.11. The van der Waals surface area contributed by atoms with E-state index in [0.29, 0.717) is 12.1 Å². The Labute approximate surface area is 167 Å². The molecule has 10 N–H and O–H groups in total. The van der Waals surface area contributed by atoms with Crippen molar-refractivity contribution in [3.8, 4) is 0 Å². The smallest absolute Gasteiger partial charge is 0.326 e. The van der Waals surface area contributed by atoms with E-state index in [4.69, 9.17) is 17.2 Å². The zero-order chi connectivity index (χ0) is 21.1. The average Bonchev–Trinajstić information content (AvgIpc) is 3.15. The SMILES string of the molecule is NC(N)=NCCCC(NC(=O)C(N)CS)C(=O)NC(Cc1cnc[nH]1)C(=O)O. The predicted octanol–water partition coefficient (Wildman–Crippen LogP) is -2.68. The molecule has 1 heterocycles. The molecular weight excluding hydrogens is 388 g/mol. The first kappa shape index (κ1) is 23.2. The largest absolute Gasteiger partial charge is 0.480 e. The van der Waals surface area contributed by atoms with Gasteiger partial charge in [0.05, 0.1) is 12.4 Å². The van der Waals surface area contributed by atoms with Crippen LogP contribution in [-0.4, -0.2) is 69.2 Å². The molecular formula is C15H26N8O4S. The molecule has 0 saturated carbocycles. The van der Waals surface area contributed by atoms with Gasteiger partial charge in [0.25, 0.3) is 0 Å².